The van der Waals surface area contributed by atoms with Crippen LogP contribution in [0.4, 0.5) is 0 Å². The van der Waals surface area contributed by atoms with E-state index in [0.717, 1.165) is 6.42 Å². The highest BCUT2D eigenvalue weighted by Crippen LogP contribution is 2.26. The number of nitrogens with two attached hydrogens (primary N) is 1. The van der Waals surface area contributed by atoms with Crippen LogP contribution in [-0.2, 0) is 6.42 Å². The Kier molecular flexibility index (Phi) is 3.12. The molecule has 2 N–H and O–H groups in total. The third-order valence-corrected chi connectivity index (χ3v) is 2.42. The Morgan fingerprint density at radius 2 is 2.00 bits per heavy atom. The predicted molar refractivity (Wildman–Crippen MR) is 53.6 cm³/mol. The van der Waals surface area contributed by atoms with Crippen molar-refractivity contribution in [2.24, 2.45) is 5.73 Å². The molecule has 0 unspecified atom stereocenters. The zero-order valence-electron chi connectivity index (χ0n) is 6.99. The maximum Gasteiger partial charge on any atom is 0.0297 e. The van der Waals surface area contributed by atoms with Crippen molar-refractivity contribution in [1.82, 2.24) is 0 Å². The van der Waals surface area contributed by atoms with Gasteiger partial charge in [0.25, 0.3) is 0 Å². The van der Waals surface area contributed by atoms with Crippen LogP contribution in [0, 0.1) is 0 Å². The topological polar surface area (TPSA) is 26.0 Å². The first-order valence-electron chi connectivity index (χ1n) is 4.21. The van der Waals surface area contributed by atoms with Gasteiger partial charge in [-0.05, 0) is 30.4 Å². The highest BCUT2D eigenvalue weighted by atomic mass is 35.5. The number of hydrogen-bond acceptors (Lipinski definition) is 1. The molecule has 0 radical (unpaired) electrons. The molecule has 0 bridgehead atoms. The molecule has 0 fully saturated rings. The molecule has 1 aromatic carbocycles. The molecule has 0 saturated carbocycles. The summed E-state index contributed by atoms with van der Waals surface area (Å²) < 4.78 is 0. The largest absolute Gasteiger partial charge is 0.324 e. The Bertz CT molecular complexity index is 260. The van der Waals surface area contributed by atoms with Crippen LogP contribution in [0.1, 0.15) is 30.0 Å². The molecular weight excluding hydrogens is 170 g/mol. The van der Waals surface area contributed by atoms with E-state index in [1.807, 2.05) is 0 Å². The summed E-state index contributed by atoms with van der Waals surface area (Å²) in [6.07, 6.45) is 3.61. The molecule has 2 rings (SSSR count). The molecule has 0 aromatic heterocycles. The molecule has 66 valence electrons. The van der Waals surface area contributed by atoms with Gasteiger partial charge in [-0.2, -0.15) is 0 Å². The summed E-state index contributed by atoms with van der Waals surface area (Å²) >= 11 is 0. The van der Waals surface area contributed by atoms with Gasteiger partial charge in [0, 0.05) is 6.04 Å². The van der Waals surface area contributed by atoms with E-state index in [4.69, 9.17) is 5.73 Å². The molecule has 1 nitrogen and oxygen atoms in total. The van der Waals surface area contributed by atoms with Crippen LogP contribution >= 0.6 is 12.4 Å². The predicted octanol–water partition coefficient (Wildman–Crippen LogP) is 2.44. The molecular formula is C10H14ClN. The van der Waals surface area contributed by atoms with Crippen molar-refractivity contribution in [3.05, 3.63) is 35.4 Å². The van der Waals surface area contributed by atoms with E-state index < -0.39 is 0 Å². The maximum atomic E-state index is 5.95. The summed E-state index contributed by atoms with van der Waals surface area (Å²) in [5.41, 5.74) is 8.76. The zero-order valence-corrected chi connectivity index (χ0v) is 7.81. The summed E-state index contributed by atoms with van der Waals surface area (Å²) in [5, 5.41) is 0. The highest BCUT2D eigenvalue weighted by molar-refractivity contribution is 5.85. The maximum absolute atomic E-state index is 5.95. The summed E-state index contributed by atoms with van der Waals surface area (Å²) in [5.74, 6) is 0. The fourth-order valence-corrected chi connectivity index (χ4v) is 1.79. The number of aryl methyl sites for hydroxylation is 1. The lowest BCUT2D eigenvalue weighted by molar-refractivity contribution is 0.570. The molecule has 0 aliphatic heterocycles. The average molecular weight is 184 g/mol. The number of halogens is 1. The van der Waals surface area contributed by atoms with Gasteiger partial charge < -0.3 is 5.73 Å². The third kappa shape index (κ3) is 1.62. The van der Waals surface area contributed by atoms with E-state index in [-0.39, 0.29) is 12.4 Å². The monoisotopic (exact) mass is 183 g/mol. The van der Waals surface area contributed by atoms with Gasteiger partial charge in [-0.15, -0.1) is 12.4 Å². The van der Waals surface area contributed by atoms with Crippen molar-refractivity contribution in [3.63, 3.8) is 0 Å². The molecule has 12 heavy (non-hydrogen) atoms. The van der Waals surface area contributed by atoms with Gasteiger partial charge in [-0.1, -0.05) is 24.3 Å². The van der Waals surface area contributed by atoms with Crippen molar-refractivity contribution < 1.29 is 0 Å². The first-order chi connectivity index (χ1) is 5.38. The fourth-order valence-electron chi connectivity index (χ4n) is 1.79. The zero-order chi connectivity index (χ0) is 7.68. The second-order valence-corrected chi connectivity index (χ2v) is 3.20. The van der Waals surface area contributed by atoms with E-state index in [1.54, 1.807) is 0 Å². The van der Waals surface area contributed by atoms with Gasteiger partial charge in [0.2, 0.25) is 0 Å². The van der Waals surface area contributed by atoms with E-state index in [9.17, 15) is 0 Å². The molecule has 0 spiro atoms. The van der Waals surface area contributed by atoms with E-state index >= 15 is 0 Å². The number of hydrogen-bond donors (Lipinski definition) is 1. The van der Waals surface area contributed by atoms with Crippen LogP contribution < -0.4 is 5.73 Å². The van der Waals surface area contributed by atoms with Crippen molar-refractivity contribution in [3.8, 4) is 0 Å². The van der Waals surface area contributed by atoms with Crippen LogP contribution in [0.25, 0.3) is 0 Å². The quantitative estimate of drug-likeness (QED) is 0.657. The highest BCUT2D eigenvalue weighted by Gasteiger charge is 2.14. The summed E-state index contributed by atoms with van der Waals surface area (Å²) in [7, 11) is 0. The Balaban J connectivity index is 0.000000720. The van der Waals surface area contributed by atoms with Gasteiger partial charge in [0.1, 0.15) is 0 Å². The first kappa shape index (κ1) is 9.56. The summed E-state index contributed by atoms with van der Waals surface area (Å²) in [6.45, 7) is 0. The first-order valence-corrected chi connectivity index (χ1v) is 4.21. The number of rotatable bonds is 0. The standard InChI is InChI=1S/C10H13N.ClH/c11-10-7-3-5-8-4-1-2-6-9(8)10;/h1-2,4,6,10H,3,5,7,11H2;1H/t10-;/m1./s1. The lowest BCUT2D eigenvalue weighted by Crippen LogP contribution is -2.16. The van der Waals surface area contributed by atoms with Crippen LogP contribution in [0.3, 0.4) is 0 Å². The van der Waals surface area contributed by atoms with Gasteiger partial charge in [0.15, 0.2) is 0 Å². The molecule has 1 aliphatic carbocycles. The fraction of sp³-hybridized carbons (Fsp3) is 0.400. The lowest BCUT2D eigenvalue weighted by atomic mass is 9.88. The Hall–Kier alpha value is -0.530. The summed E-state index contributed by atoms with van der Waals surface area (Å²) in [4.78, 5) is 0. The Morgan fingerprint density at radius 1 is 1.25 bits per heavy atom. The van der Waals surface area contributed by atoms with Crippen LogP contribution in [-0.4, -0.2) is 0 Å². The number of benzene rings is 1. The van der Waals surface area contributed by atoms with Crippen LogP contribution in [0.2, 0.25) is 0 Å². The molecule has 0 heterocycles. The van der Waals surface area contributed by atoms with Gasteiger partial charge in [-0.3, -0.25) is 0 Å². The van der Waals surface area contributed by atoms with Crippen molar-refractivity contribution >= 4 is 12.4 Å². The molecule has 0 saturated heterocycles. The molecule has 1 atom stereocenters. The SMILES string of the molecule is Cl.N[C@@H]1CCCc2ccccc21. The minimum atomic E-state index is 0. The minimum Gasteiger partial charge on any atom is -0.324 e. The van der Waals surface area contributed by atoms with Crippen molar-refractivity contribution in [1.29, 1.82) is 0 Å². The lowest BCUT2D eigenvalue weighted by Gasteiger charge is -2.21. The van der Waals surface area contributed by atoms with E-state index in [2.05, 4.69) is 24.3 Å². The van der Waals surface area contributed by atoms with Crippen molar-refractivity contribution in [2.45, 2.75) is 25.3 Å². The molecule has 0 amide bonds. The minimum absolute atomic E-state index is 0. The molecule has 2 heteroatoms. The normalized spacial score (nSPS) is 20.9. The molecule has 1 aromatic rings. The Morgan fingerprint density at radius 3 is 2.75 bits per heavy atom. The average Bonchev–Trinajstić information content (AvgIpc) is 2.06. The van der Waals surface area contributed by atoms with Gasteiger partial charge in [0.05, 0.1) is 0 Å². The second-order valence-electron chi connectivity index (χ2n) is 3.20. The van der Waals surface area contributed by atoms with Gasteiger partial charge >= 0.3 is 0 Å². The second kappa shape index (κ2) is 3.92. The third-order valence-electron chi connectivity index (χ3n) is 2.42. The van der Waals surface area contributed by atoms with Crippen molar-refractivity contribution in [2.75, 3.05) is 0 Å². The molecule has 1 aliphatic rings. The Labute approximate surface area is 79.4 Å². The number of fused-ring (bicyclic) bond motifs is 1. The van der Waals surface area contributed by atoms with Crippen LogP contribution in [0.5, 0.6) is 0 Å². The van der Waals surface area contributed by atoms with Crippen LogP contribution in [0.15, 0.2) is 24.3 Å². The smallest absolute Gasteiger partial charge is 0.0297 e. The van der Waals surface area contributed by atoms with E-state index in [0.29, 0.717) is 6.04 Å². The van der Waals surface area contributed by atoms with Gasteiger partial charge in [-0.25, -0.2) is 0 Å². The van der Waals surface area contributed by atoms with E-state index in [1.165, 1.54) is 24.0 Å². The summed E-state index contributed by atoms with van der Waals surface area (Å²) in [6, 6.07) is 8.80.